The monoisotopic (exact) mass is 283 g/mol. The fourth-order valence-corrected chi connectivity index (χ4v) is 3.80. The van der Waals surface area contributed by atoms with Gasteiger partial charge in [-0.25, -0.2) is 8.42 Å². The first-order chi connectivity index (χ1) is 9.16. The summed E-state index contributed by atoms with van der Waals surface area (Å²) in [6.45, 7) is 1.38. The van der Waals surface area contributed by atoms with Crippen LogP contribution in [0.5, 0.6) is 0 Å². The van der Waals surface area contributed by atoms with E-state index in [0.717, 1.165) is 18.5 Å². The van der Waals surface area contributed by atoms with E-state index in [-0.39, 0.29) is 17.6 Å². The molecule has 106 valence electrons. The Morgan fingerprint density at radius 1 is 1.26 bits per heavy atom. The predicted octanol–water partition coefficient (Wildman–Crippen LogP) is 2.08. The van der Waals surface area contributed by atoms with E-state index >= 15 is 0 Å². The summed E-state index contributed by atoms with van der Waals surface area (Å²) < 4.78 is 29.1. The number of ether oxygens (including phenoxy) is 1. The summed E-state index contributed by atoms with van der Waals surface area (Å²) in [5.41, 5.74) is 1.03. The van der Waals surface area contributed by atoms with Gasteiger partial charge in [0, 0.05) is 18.8 Å². The van der Waals surface area contributed by atoms with Crippen LogP contribution in [-0.2, 0) is 14.6 Å². The Balaban J connectivity index is 1.66. The van der Waals surface area contributed by atoms with Crippen LogP contribution in [0.15, 0.2) is 30.3 Å². The van der Waals surface area contributed by atoms with Gasteiger partial charge in [-0.3, -0.25) is 0 Å². The van der Waals surface area contributed by atoms with Gasteiger partial charge < -0.3 is 10.1 Å². The number of benzene rings is 1. The van der Waals surface area contributed by atoms with Gasteiger partial charge in [0.1, 0.15) is 0 Å². The zero-order valence-electron chi connectivity index (χ0n) is 11.0. The van der Waals surface area contributed by atoms with Crippen LogP contribution >= 0.6 is 0 Å². The van der Waals surface area contributed by atoms with Gasteiger partial charge in [0.05, 0.1) is 17.6 Å². The molecule has 1 unspecified atom stereocenters. The number of nitrogens with one attached hydrogen (secondary N) is 1. The molecule has 0 radical (unpaired) electrons. The standard InChI is InChI=1S/C14H21NO3S/c16-19(17,12-14-8-4-10-18-14)11-5-9-15-13-6-2-1-3-7-13/h1-3,6-7,14-15H,4-5,8-12H2. The van der Waals surface area contributed by atoms with Crippen LogP contribution in [0.4, 0.5) is 5.69 Å². The van der Waals surface area contributed by atoms with Crippen molar-refractivity contribution in [1.29, 1.82) is 0 Å². The van der Waals surface area contributed by atoms with Gasteiger partial charge in [0.2, 0.25) is 0 Å². The summed E-state index contributed by atoms with van der Waals surface area (Å²) in [5, 5.41) is 3.22. The van der Waals surface area contributed by atoms with Crippen LogP contribution in [0, 0.1) is 0 Å². The van der Waals surface area contributed by atoms with Gasteiger partial charge in [-0.1, -0.05) is 18.2 Å². The molecule has 1 atom stereocenters. The van der Waals surface area contributed by atoms with E-state index in [4.69, 9.17) is 4.74 Å². The molecule has 1 saturated heterocycles. The Morgan fingerprint density at radius 2 is 2.05 bits per heavy atom. The zero-order valence-corrected chi connectivity index (χ0v) is 11.9. The Bertz CT molecular complexity index is 467. The second-order valence-corrected chi connectivity index (χ2v) is 7.12. The van der Waals surface area contributed by atoms with E-state index in [0.29, 0.717) is 19.6 Å². The van der Waals surface area contributed by atoms with Gasteiger partial charge in [-0.2, -0.15) is 0 Å². The lowest BCUT2D eigenvalue weighted by molar-refractivity contribution is 0.127. The van der Waals surface area contributed by atoms with Crippen LogP contribution in [0.3, 0.4) is 0 Å². The van der Waals surface area contributed by atoms with Crippen LogP contribution < -0.4 is 5.32 Å². The van der Waals surface area contributed by atoms with Crippen molar-refractivity contribution >= 4 is 15.5 Å². The topological polar surface area (TPSA) is 55.4 Å². The molecule has 0 aromatic heterocycles. The zero-order chi connectivity index (χ0) is 13.6. The minimum atomic E-state index is -2.98. The SMILES string of the molecule is O=S(=O)(CCCNc1ccccc1)CC1CCCO1. The maximum absolute atomic E-state index is 11.9. The van der Waals surface area contributed by atoms with Crippen molar-refractivity contribution in [3.63, 3.8) is 0 Å². The summed E-state index contributed by atoms with van der Waals surface area (Å²) in [6.07, 6.45) is 2.41. The number of para-hydroxylation sites is 1. The van der Waals surface area contributed by atoms with Crippen LogP contribution in [0.25, 0.3) is 0 Å². The molecule has 1 aromatic rings. The smallest absolute Gasteiger partial charge is 0.152 e. The molecule has 1 heterocycles. The highest BCUT2D eigenvalue weighted by Crippen LogP contribution is 2.14. The average Bonchev–Trinajstić information content (AvgIpc) is 2.88. The van der Waals surface area contributed by atoms with Crippen molar-refractivity contribution in [2.45, 2.75) is 25.4 Å². The Hall–Kier alpha value is -1.07. The van der Waals surface area contributed by atoms with E-state index < -0.39 is 9.84 Å². The lowest BCUT2D eigenvalue weighted by Crippen LogP contribution is -2.23. The van der Waals surface area contributed by atoms with E-state index in [1.807, 2.05) is 30.3 Å². The number of hydrogen-bond acceptors (Lipinski definition) is 4. The summed E-state index contributed by atoms with van der Waals surface area (Å²) in [7, 11) is -2.98. The molecule has 0 aliphatic carbocycles. The molecule has 5 heteroatoms. The Labute approximate surface area is 115 Å². The fourth-order valence-electron chi connectivity index (χ4n) is 2.22. The summed E-state index contributed by atoms with van der Waals surface area (Å²) in [4.78, 5) is 0. The van der Waals surface area contributed by atoms with Crippen molar-refractivity contribution in [2.75, 3.05) is 30.0 Å². The van der Waals surface area contributed by atoms with Gasteiger partial charge >= 0.3 is 0 Å². The highest BCUT2D eigenvalue weighted by atomic mass is 32.2. The molecular weight excluding hydrogens is 262 g/mol. The molecule has 0 spiro atoms. The summed E-state index contributed by atoms with van der Waals surface area (Å²) in [5.74, 6) is 0.408. The van der Waals surface area contributed by atoms with Gasteiger partial charge in [0.15, 0.2) is 9.84 Å². The van der Waals surface area contributed by atoms with Gasteiger partial charge in [-0.05, 0) is 31.4 Å². The Kier molecular flexibility index (Phi) is 5.22. The van der Waals surface area contributed by atoms with Gasteiger partial charge in [0.25, 0.3) is 0 Å². The molecule has 1 fully saturated rings. The van der Waals surface area contributed by atoms with E-state index in [2.05, 4.69) is 5.32 Å². The third-order valence-corrected chi connectivity index (χ3v) is 4.99. The molecule has 1 aromatic carbocycles. The molecule has 2 rings (SSSR count). The van der Waals surface area contributed by atoms with Crippen LogP contribution in [0.2, 0.25) is 0 Å². The minimum Gasteiger partial charge on any atom is -0.385 e. The molecule has 4 nitrogen and oxygen atoms in total. The maximum Gasteiger partial charge on any atom is 0.152 e. The van der Waals surface area contributed by atoms with Gasteiger partial charge in [-0.15, -0.1) is 0 Å². The van der Waals surface area contributed by atoms with Crippen molar-refractivity contribution < 1.29 is 13.2 Å². The predicted molar refractivity (Wildman–Crippen MR) is 77.2 cm³/mol. The molecule has 19 heavy (non-hydrogen) atoms. The number of hydrogen-bond donors (Lipinski definition) is 1. The van der Waals surface area contributed by atoms with E-state index in [9.17, 15) is 8.42 Å². The first-order valence-corrected chi connectivity index (χ1v) is 8.59. The second-order valence-electron chi connectivity index (χ2n) is 4.90. The lowest BCUT2D eigenvalue weighted by Gasteiger charge is -2.10. The normalized spacial score (nSPS) is 19.5. The highest BCUT2D eigenvalue weighted by molar-refractivity contribution is 7.91. The maximum atomic E-state index is 11.9. The van der Waals surface area contributed by atoms with Crippen molar-refractivity contribution in [3.05, 3.63) is 30.3 Å². The van der Waals surface area contributed by atoms with Crippen LogP contribution in [0.1, 0.15) is 19.3 Å². The lowest BCUT2D eigenvalue weighted by atomic mass is 10.3. The number of rotatable bonds is 7. The molecule has 0 bridgehead atoms. The highest BCUT2D eigenvalue weighted by Gasteiger charge is 2.22. The Morgan fingerprint density at radius 3 is 2.74 bits per heavy atom. The molecule has 0 saturated carbocycles. The van der Waals surface area contributed by atoms with Crippen molar-refractivity contribution in [3.8, 4) is 0 Å². The minimum absolute atomic E-state index is 0.0768. The van der Waals surface area contributed by atoms with Crippen molar-refractivity contribution in [2.24, 2.45) is 0 Å². The van der Waals surface area contributed by atoms with E-state index in [1.165, 1.54) is 0 Å². The van der Waals surface area contributed by atoms with E-state index in [1.54, 1.807) is 0 Å². The number of anilines is 1. The number of sulfone groups is 1. The molecule has 1 aliphatic heterocycles. The molecule has 1 aliphatic rings. The third-order valence-electron chi connectivity index (χ3n) is 3.20. The summed E-state index contributed by atoms with van der Waals surface area (Å²) in [6, 6.07) is 9.81. The fraction of sp³-hybridized carbons (Fsp3) is 0.571. The molecule has 0 amide bonds. The third kappa shape index (κ3) is 5.20. The second kappa shape index (κ2) is 6.91. The molecular formula is C14H21NO3S. The average molecular weight is 283 g/mol. The quantitative estimate of drug-likeness (QED) is 0.778. The largest absolute Gasteiger partial charge is 0.385 e. The van der Waals surface area contributed by atoms with Crippen LogP contribution in [-0.4, -0.2) is 39.2 Å². The first-order valence-electron chi connectivity index (χ1n) is 6.77. The molecule has 1 N–H and O–H groups in total. The first kappa shape index (κ1) is 14.3. The summed E-state index contributed by atoms with van der Waals surface area (Å²) >= 11 is 0. The van der Waals surface area contributed by atoms with Crippen molar-refractivity contribution in [1.82, 2.24) is 0 Å².